The molecule has 120 valence electrons. The van der Waals surface area contributed by atoms with E-state index in [1.54, 1.807) is 7.11 Å². The van der Waals surface area contributed by atoms with Gasteiger partial charge in [-0.15, -0.1) is 0 Å². The van der Waals surface area contributed by atoms with Crippen molar-refractivity contribution in [2.24, 2.45) is 0 Å². The van der Waals surface area contributed by atoms with Gasteiger partial charge in [-0.2, -0.15) is 0 Å². The van der Waals surface area contributed by atoms with Gasteiger partial charge < -0.3 is 15.0 Å². The molecule has 5 heteroatoms. The minimum atomic E-state index is 0.603. The number of hydrogen-bond donors (Lipinski definition) is 1. The van der Waals surface area contributed by atoms with Crippen molar-refractivity contribution in [1.29, 1.82) is 0 Å². The number of aryl methyl sites for hydroxylation is 1. The summed E-state index contributed by atoms with van der Waals surface area (Å²) in [5.74, 6) is 3.73. The Morgan fingerprint density at radius 3 is 2.83 bits per heavy atom. The lowest BCUT2D eigenvalue weighted by Gasteiger charge is -2.30. The quantitative estimate of drug-likeness (QED) is 0.941. The molecule has 1 fully saturated rings. The molecule has 1 aliphatic carbocycles. The van der Waals surface area contributed by atoms with E-state index in [0.29, 0.717) is 6.04 Å². The molecule has 0 amide bonds. The lowest BCUT2D eigenvalue weighted by molar-refractivity contribution is 0.413. The molecule has 4 rings (SSSR count). The van der Waals surface area contributed by atoms with Crippen LogP contribution in [-0.2, 0) is 13.0 Å². The number of benzene rings is 1. The second kappa shape index (κ2) is 5.72. The van der Waals surface area contributed by atoms with E-state index in [2.05, 4.69) is 38.4 Å². The topological polar surface area (TPSA) is 50.3 Å². The number of nitrogens with one attached hydrogen (secondary N) is 1. The number of ether oxygens (including phenoxy) is 1. The summed E-state index contributed by atoms with van der Waals surface area (Å²) in [5.41, 5.74) is 2.73. The fraction of sp³-hybridized carbons (Fsp3) is 0.444. The lowest BCUT2D eigenvalue weighted by atomic mass is 9.99. The number of methoxy groups -OCH3 is 1. The van der Waals surface area contributed by atoms with Crippen LogP contribution in [0.4, 0.5) is 11.6 Å². The van der Waals surface area contributed by atoms with Gasteiger partial charge in [-0.3, -0.25) is 0 Å². The van der Waals surface area contributed by atoms with Crippen molar-refractivity contribution in [1.82, 2.24) is 9.97 Å². The van der Waals surface area contributed by atoms with Crippen molar-refractivity contribution in [2.75, 3.05) is 23.9 Å². The predicted octanol–water partition coefficient (Wildman–Crippen LogP) is 2.93. The number of anilines is 2. The van der Waals surface area contributed by atoms with Crippen LogP contribution in [0.25, 0.3) is 0 Å². The van der Waals surface area contributed by atoms with Gasteiger partial charge in [0.05, 0.1) is 7.11 Å². The van der Waals surface area contributed by atoms with E-state index in [0.717, 1.165) is 42.7 Å². The first-order chi connectivity index (χ1) is 11.2. The van der Waals surface area contributed by atoms with E-state index in [9.17, 15) is 0 Å². The van der Waals surface area contributed by atoms with Gasteiger partial charge in [0.25, 0.3) is 0 Å². The Hall–Kier alpha value is -2.30. The van der Waals surface area contributed by atoms with Crippen LogP contribution in [0.1, 0.15) is 29.8 Å². The Bertz CT molecular complexity index is 727. The number of fused-ring (bicyclic) bond motifs is 1. The summed E-state index contributed by atoms with van der Waals surface area (Å²) in [6, 6.07) is 9.04. The van der Waals surface area contributed by atoms with Gasteiger partial charge in [0.15, 0.2) is 0 Å². The van der Waals surface area contributed by atoms with Crippen molar-refractivity contribution < 1.29 is 4.74 Å². The van der Waals surface area contributed by atoms with E-state index >= 15 is 0 Å². The van der Waals surface area contributed by atoms with E-state index in [1.807, 2.05) is 13.0 Å². The van der Waals surface area contributed by atoms with Gasteiger partial charge >= 0.3 is 0 Å². The van der Waals surface area contributed by atoms with E-state index in [1.165, 1.54) is 24.0 Å². The number of nitrogens with zero attached hydrogens (tertiary/aromatic N) is 3. The van der Waals surface area contributed by atoms with Crippen molar-refractivity contribution in [3.05, 3.63) is 41.2 Å². The largest absolute Gasteiger partial charge is 0.497 e. The molecule has 1 aromatic carbocycles. The maximum Gasteiger partial charge on any atom is 0.134 e. The third kappa shape index (κ3) is 3.09. The molecule has 0 bridgehead atoms. The fourth-order valence-electron chi connectivity index (χ4n) is 3.08. The molecule has 0 unspecified atom stereocenters. The third-order valence-electron chi connectivity index (χ3n) is 4.50. The minimum absolute atomic E-state index is 0.603. The van der Waals surface area contributed by atoms with Crippen molar-refractivity contribution in [3.63, 3.8) is 0 Å². The van der Waals surface area contributed by atoms with E-state index in [-0.39, 0.29) is 0 Å². The molecule has 2 aliphatic rings. The SMILES string of the molecule is COc1ccc2c(c1)CCN(c1cc(NC3CC3)nc(C)n1)C2. The summed E-state index contributed by atoms with van der Waals surface area (Å²) < 4.78 is 5.32. The van der Waals surface area contributed by atoms with Gasteiger partial charge in [-0.25, -0.2) is 9.97 Å². The molecule has 0 saturated heterocycles. The van der Waals surface area contributed by atoms with Crippen molar-refractivity contribution in [2.45, 2.75) is 38.8 Å². The van der Waals surface area contributed by atoms with E-state index in [4.69, 9.17) is 4.74 Å². The summed E-state index contributed by atoms with van der Waals surface area (Å²) in [6.07, 6.45) is 3.51. The summed E-state index contributed by atoms with van der Waals surface area (Å²) >= 11 is 0. The third-order valence-corrected chi connectivity index (χ3v) is 4.50. The molecule has 1 aliphatic heterocycles. The first kappa shape index (κ1) is 14.3. The Balaban J connectivity index is 1.57. The Kier molecular flexibility index (Phi) is 3.56. The van der Waals surface area contributed by atoms with Crippen LogP contribution >= 0.6 is 0 Å². The highest BCUT2D eigenvalue weighted by Crippen LogP contribution is 2.29. The Morgan fingerprint density at radius 2 is 2.04 bits per heavy atom. The first-order valence-corrected chi connectivity index (χ1v) is 8.24. The van der Waals surface area contributed by atoms with Crippen LogP contribution in [-0.4, -0.2) is 29.7 Å². The maximum atomic E-state index is 5.32. The normalized spacial score (nSPS) is 16.9. The van der Waals surface area contributed by atoms with Gasteiger partial charge in [-0.05, 0) is 49.4 Å². The Labute approximate surface area is 136 Å². The summed E-state index contributed by atoms with van der Waals surface area (Å²) in [5, 5.41) is 3.48. The second-order valence-corrected chi connectivity index (χ2v) is 6.38. The van der Waals surface area contributed by atoms with Crippen molar-refractivity contribution in [3.8, 4) is 5.75 Å². The zero-order valence-electron chi connectivity index (χ0n) is 13.7. The molecule has 0 radical (unpaired) electrons. The van der Waals surface area contributed by atoms with Gasteiger partial charge in [0, 0.05) is 25.2 Å². The molecule has 0 atom stereocenters. The molecular weight excluding hydrogens is 288 g/mol. The minimum Gasteiger partial charge on any atom is -0.497 e. The molecule has 1 N–H and O–H groups in total. The lowest BCUT2D eigenvalue weighted by Crippen LogP contribution is -2.31. The summed E-state index contributed by atoms with van der Waals surface area (Å²) in [4.78, 5) is 11.5. The molecule has 1 aromatic heterocycles. The second-order valence-electron chi connectivity index (χ2n) is 6.38. The molecule has 23 heavy (non-hydrogen) atoms. The van der Waals surface area contributed by atoms with Crippen LogP contribution in [0.2, 0.25) is 0 Å². The molecule has 0 spiro atoms. The van der Waals surface area contributed by atoms with Gasteiger partial charge in [0.1, 0.15) is 23.2 Å². The summed E-state index contributed by atoms with van der Waals surface area (Å²) in [6.45, 7) is 3.82. The molecule has 2 heterocycles. The van der Waals surface area contributed by atoms with Gasteiger partial charge in [0.2, 0.25) is 0 Å². The average Bonchev–Trinajstić information content (AvgIpc) is 3.37. The van der Waals surface area contributed by atoms with Gasteiger partial charge in [-0.1, -0.05) is 6.07 Å². The van der Waals surface area contributed by atoms with Crippen LogP contribution in [0.5, 0.6) is 5.75 Å². The predicted molar refractivity (Wildman–Crippen MR) is 91.2 cm³/mol. The number of aromatic nitrogens is 2. The van der Waals surface area contributed by atoms with Crippen LogP contribution in [0.15, 0.2) is 24.3 Å². The smallest absolute Gasteiger partial charge is 0.134 e. The highest BCUT2D eigenvalue weighted by molar-refractivity contribution is 5.52. The van der Waals surface area contributed by atoms with Crippen LogP contribution in [0.3, 0.4) is 0 Å². The van der Waals surface area contributed by atoms with Crippen LogP contribution in [0, 0.1) is 6.92 Å². The highest BCUT2D eigenvalue weighted by Gasteiger charge is 2.23. The first-order valence-electron chi connectivity index (χ1n) is 8.24. The zero-order valence-corrected chi connectivity index (χ0v) is 13.7. The fourth-order valence-corrected chi connectivity index (χ4v) is 3.08. The molecular formula is C18H22N4O. The molecule has 1 saturated carbocycles. The average molecular weight is 310 g/mol. The highest BCUT2D eigenvalue weighted by atomic mass is 16.5. The monoisotopic (exact) mass is 310 g/mol. The maximum absolute atomic E-state index is 5.32. The summed E-state index contributed by atoms with van der Waals surface area (Å²) in [7, 11) is 1.72. The van der Waals surface area contributed by atoms with Crippen molar-refractivity contribution >= 4 is 11.6 Å². The Morgan fingerprint density at radius 1 is 1.17 bits per heavy atom. The standard InChI is InChI=1S/C18H22N4O/c1-12-19-17(21-15-4-5-15)10-18(20-12)22-8-7-13-9-16(23-2)6-3-14(13)11-22/h3,6,9-10,15H,4-5,7-8,11H2,1-2H3,(H,19,20,21). The molecule has 5 nitrogen and oxygen atoms in total. The number of rotatable bonds is 4. The van der Waals surface area contributed by atoms with Crippen LogP contribution < -0.4 is 15.0 Å². The molecule has 2 aromatic rings. The number of hydrogen-bond acceptors (Lipinski definition) is 5. The van der Waals surface area contributed by atoms with E-state index < -0.39 is 0 Å². The zero-order chi connectivity index (χ0) is 15.8.